The van der Waals surface area contributed by atoms with Crippen molar-refractivity contribution in [2.75, 3.05) is 18.5 Å². The highest BCUT2D eigenvalue weighted by Gasteiger charge is 2.26. The molecule has 0 saturated carbocycles. The maximum absolute atomic E-state index is 13.4. The Hall–Kier alpha value is -3.32. The van der Waals surface area contributed by atoms with Crippen LogP contribution in [0.1, 0.15) is 5.56 Å². The Labute approximate surface area is 171 Å². The third kappa shape index (κ3) is 4.41. The van der Waals surface area contributed by atoms with Gasteiger partial charge in [0.25, 0.3) is 10.0 Å². The molecule has 0 fully saturated rings. The van der Waals surface area contributed by atoms with Gasteiger partial charge in [0, 0.05) is 0 Å². The Morgan fingerprint density at radius 3 is 2.07 bits per heavy atom. The first-order valence-electron chi connectivity index (χ1n) is 8.88. The normalized spacial score (nSPS) is 11.4. The smallest absolute Gasteiger partial charge is 0.269 e. The van der Waals surface area contributed by atoms with Crippen LogP contribution in [0.5, 0.6) is 11.5 Å². The molecule has 7 heteroatoms. The van der Waals surface area contributed by atoms with Gasteiger partial charge in [-0.05, 0) is 43.3 Å². The summed E-state index contributed by atoms with van der Waals surface area (Å²) in [6.07, 6.45) is 1.27. The first-order valence-corrected chi connectivity index (χ1v) is 10.3. The predicted octanol–water partition coefficient (Wildman–Crippen LogP) is 4.57. The second-order valence-corrected chi connectivity index (χ2v) is 8.02. The Morgan fingerprint density at radius 2 is 1.41 bits per heavy atom. The van der Waals surface area contributed by atoms with Gasteiger partial charge < -0.3 is 9.47 Å². The van der Waals surface area contributed by atoms with Crippen molar-refractivity contribution < 1.29 is 17.9 Å². The van der Waals surface area contributed by atoms with Gasteiger partial charge in [0.15, 0.2) is 0 Å². The van der Waals surface area contributed by atoms with Crippen molar-refractivity contribution >= 4 is 27.7 Å². The van der Waals surface area contributed by atoms with Crippen LogP contribution in [-0.2, 0) is 10.0 Å². The van der Waals surface area contributed by atoms with E-state index >= 15 is 0 Å². The lowest BCUT2D eigenvalue weighted by Gasteiger charge is -2.22. The van der Waals surface area contributed by atoms with E-state index in [0.29, 0.717) is 22.9 Å². The van der Waals surface area contributed by atoms with Crippen LogP contribution >= 0.6 is 0 Å². The highest BCUT2D eigenvalue weighted by molar-refractivity contribution is 7.93. The maximum atomic E-state index is 13.4. The van der Waals surface area contributed by atoms with Crippen molar-refractivity contribution in [1.82, 2.24) is 0 Å². The minimum Gasteiger partial charge on any atom is -0.495 e. The van der Waals surface area contributed by atoms with Crippen molar-refractivity contribution in [2.24, 2.45) is 4.99 Å². The van der Waals surface area contributed by atoms with Crippen molar-refractivity contribution in [1.29, 1.82) is 0 Å². The van der Waals surface area contributed by atoms with E-state index in [1.807, 2.05) is 13.0 Å². The topological polar surface area (TPSA) is 68.2 Å². The number of rotatable bonds is 7. The quantitative estimate of drug-likeness (QED) is 0.423. The van der Waals surface area contributed by atoms with Crippen LogP contribution in [0.15, 0.2) is 82.7 Å². The Morgan fingerprint density at radius 1 is 0.828 bits per heavy atom. The van der Waals surface area contributed by atoms with Gasteiger partial charge in [0.1, 0.15) is 29.2 Å². The molecule has 29 heavy (non-hydrogen) atoms. The van der Waals surface area contributed by atoms with E-state index in [4.69, 9.17) is 9.47 Å². The molecule has 0 bridgehead atoms. The van der Waals surface area contributed by atoms with Crippen LogP contribution < -0.4 is 13.8 Å². The number of para-hydroxylation sites is 4. The summed E-state index contributed by atoms with van der Waals surface area (Å²) in [4.78, 5) is 4.53. The SMILES string of the molecule is COc1ccccc1N=CN(c1ccccc1OC)S(=O)(=O)c1ccc(C)cc1. The van der Waals surface area contributed by atoms with Crippen LogP contribution in [0, 0.1) is 6.92 Å². The predicted molar refractivity (Wildman–Crippen MR) is 115 cm³/mol. The highest BCUT2D eigenvalue weighted by Crippen LogP contribution is 2.32. The monoisotopic (exact) mass is 410 g/mol. The summed E-state index contributed by atoms with van der Waals surface area (Å²) < 4.78 is 38.7. The van der Waals surface area contributed by atoms with Gasteiger partial charge in [-0.15, -0.1) is 0 Å². The zero-order chi connectivity index (χ0) is 20.9. The first kappa shape index (κ1) is 20.4. The molecule has 3 aromatic carbocycles. The van der Waals surface area contributed by atoms with Gasteiger partial charge in [-0.1, -0.05) is 42.0 Å². The van der Waals surface area contributed by atoms with E-state index in [1.165, 1.54) is 20.6 Å². The molecule has 0 unspecified atom stereocenters. The number of nitrogens with zero attached hydrogens (tertiary/aromatic N) is 2. The molecule has 0 spiro atoms. The van der Waals surface area contributed by atoms with Crippen molar-refractivity contribution in [3.05, 3.63) is 78.4 Å². The molecule has 0 saturated heterocycles. The number of hydrogen-bond donors (Lipinski definition) is 0. The van der Waals surface area contributed by atoms with E-state index in [1.54, 1.807) is 66.7 Å². The molecule has 0 N–H and O–H groups in total. The molecule has 0 aliphatic heterocycles. The fourth-order valence-electron chi connectivity index (χ4n) is 2.74. The first-order chi connectivity index (χ1) is 14.0. The number of aryl methyl sites for hydroxylation is 1. The van der Waals surface area contributed by atoms with E-state index < -0.39 is 10.0 Å². The maximum Gasteiger partial charge on any atom is 0.269 e. The van der Waals surface area contributed by atoms with Crippen LogP contribution in [0.3, 0.4) is 0 Å². The number of anilines is 1. The standard InChI is InChI=1S/C22H22N2O4S/c1-17-12-14-18(15-13-17)29(25,26)24(20-9-5-7-11-22(20)28-3)16-23-19-8-4-6-10-21(19)27-2/h4-16H,1-3H3. The summed E-state index contributed by atoms with van der Waals surface area (Å²) >= 11 is 0. The van der Waals surface area contributed by atoms with Gasteiger partial charge in [0.05, 0.1) is 19.1 Å². The molecule has 3 rings (SSSR count). The van der Waals surface area contributed by atoms with Crippen molar-refractivity contribution in [2.45, 2.75) is 11.8 Å². The molecular weight excluding hydrogens is 388 g/mol. The lowest BCUT2D eigenvalue weighted by molar-refractivity contribution is 0.416. The van der Waals surface area contributed by atoms with Crippen LogP contribution in [0.4, 0.5) is 11.4 Å². The lowest BCUT2D eigenvalue weighted by Crippen LogP contribution is -2.30. The molecule has 3 aromatic rings. The van der Waals surface area contributed by atoms with Gasteiger partial charge in [-0.25, -0.2) is 17.7 Å². The van der Waals surface area contributed by atoms with Gasteiger partial charge in [-0.3, -0.25) is 0 Å². The number of aliphatic imine (C=N–C) groups is 1. The number of methoxy groups -OCH3 is 2. The highest BCUT2D eigenvalue weighted by atomic mass is 32.2. The zero-order valence-corrected chi connectivity index (χ0v) is 17.3. The summed E-state index contributed by atoms with van der Waals surface area (Å²) in [5, 5.41) is 0. The number of sulfonamides is 1. The van der Waals surface area contributed by atoms with Crippen molar-refractivity contribution in [3.63, 3.8) is 0 Å². The summed E-state index contributed by atoms with van der Waals surface area (Å²) in [7, 11) is -0.900. The molecule has 0 aliphatic rings. The average molecular weight is 410 g/mol. The summed E-state index contributed by atoms with van der Waals surface area (Å²) in [6, 6.07) is 20.7. The Balaban J connectivity index is 2.14. The van der Waals surface area contributed by atoms with E-state index in [-0.39, 0.29) is 4.90 Å². The number of ether oxygens (including phenoxy) is 2. The molecule has 150 valence electrons. The second-order valence-electron chi connectivity index (χ2n) is 6.20. The minimum atomic E-state index is -3.93. The molecule has 0 atom stereocenters. The van der Waals surface area contributed by atoms with Gasteiger partial charge in [0.2, 0.25) is 0 Å². The third-order valence-electron chi connectivity index (χ3n) is 4.29. The van der Waals surface area contributed by atoms with E-state index in [9.17, 15) is 8.42 Å². The fraction of sp³-hybridized carbons (Fsp3) is 0.136. The number of benzene rings is 3. The van der Waals surface area contributed by atoms with Crippen LogP contribution in [-0.4, -0.2) is 29.0 Å². The molecule has 6 nitrogen and oxygen atoms in total. The minimum absolute atomic E-state index is 0.153. The fourth-order valence-corrected chi connectivity index (χ4v) is 4.03. The molecule has 0 radical (unpaired) electrons. The summed E-state index contributed by atoms with van der Waals surface area (Å²) in [5.41, 5.74) is 1.83. The number of hydrogen-bond acceptors (Lipinski definition) is 5. The van der Waals surface area contributed by atoms with Gasteiger partial charge >= 0.3 is 0 Å². The summed E-state index contributed by atoms with van der Waals surface area (Å²) in [5.74, 6) is 0.950. The molecule has 0 heterocycles. The lowest BCUT2D eigenvalue weighted by atomic mass is 10.2. The molecular formula is C22H22N2O4S. The van der Waals surface area contributed by atoms with Crippen LogP contribution in [0.25, 0.3) is 0 Å². The van der Waals surface area contributed by atoms with Crippen LogP contribution in [0.2, 0.25) is 0 Å². The average Bonchev–Trinajstić information content (AvgIpc) is 2.74. The third-order valence-corrected chi connectivity index (χ3v) is 5.96. The van der Waals surface area contributed by atoms with Crippen molar-refractivity contribution in [3.8, 4) is 11.5 Å². The Bertz CT molecular complexity index is 1110. The Kier molecular flexibility index (Phi) is 6.19. The summed E-state index contributed by atoms with van der Waals surface area (Å²) in [6.45, 7) is 1.90. The largest absolute Gasteiger partial charge is 0.495 e. The van der Waals surface area contributed by atoms with E-state index in [0.717, 1.165) is 9.87 Å². The molecule has 0 aliphatic carbocycles. The zero-order valence-electron chi connectivity index (χ0n) is 16.4. The molecule has 0 aromatic heterocycles. The second kappa shape index (κ2) is 8.79. The molecule has 0 amide bonds. The van der Waals surface area contributed by atoms with Gasteiger partial charge in [-0.2, -0.15) is 0 Å². The van der Waals surface area contributed by atoms with E-state index in [2.05, 4.69) is 4.99 Å².